The summed E-state index contributed by atoms with van der Waals surface area (Å²) in [7, 11) is 0. The number of hydrogen-bond acceptors (Lipinski definition) is 3. The van der Waals surface area contributed by atoms with Gasteiger partial charge < -0.3 is 10.1 Å². The fourth-order valence-corrected chi connectivity index (χ4v) is 3.07. The second-order valence-corrected chi connectivity index (χ2v) is 6.06. The quantitative estimate of drug-likeness (QED) is 0.818. The molecule has 2 aromatic rings. The van der Waals surface area contributed by atoms with Crippen LogP contribution in [0, 0.1) is 0 Å². The number of alkyl halides is 3. The van der Waals surface area contributed by atoms with Crippen LogP contribution in [0.3, 0.4) is 0 Å². The average molecular weight is 353 g/mol. The number of anilines is 1. The standard InChI is InChI=1S/C18H22F3N3O/c1-2-25-12-10-16-15-5-3-4-11-22-17(15)24(23-16)14-8-6-13(7-9-14)18(19,20)21/h6-9,22H,2-5,10-12H2,1H3. The Balaban J connectivity index is 1.94. The zero-order valence-corrected chi connectivity index (χ0v) is 14.2. The van der Waals surface area contributed by atoms with Crippen molar-refractivity contribution in [2.24, 2.45) is 0 Å². The molecule has 3 rings (SSSR count). The largest absolute Gasteiger partial charge is 0.416 e. The van der Waals surface area contributed by atoms with Gasteiger partial charge in [0.1, 0.15) is 5.82 Å². The Morgan fingerprint density at radius 2 is 1.96 bits per heavy atom. The van der Waals surface area contributed by atoms with E-state index in [1.807, 2.05) is 6.92 Å². The minimum absolute atomic E-state index is 0.590. The lowest BCUT2D eigenvalue weighted by Crippen LogP contribution is -2.08. The summed E-state index contributed by atoms with van der Waals surface area (Å²) < 4.78 is 45.5. The van der Waals surface area contributed by atoms with Gasteiger partial charge in [0.05, 0.1) is 23.6 Å². The molecule has 0 saturated carbocycles. The predicted molar refractivity (Wildman–Crippen MR) is 90.2 cm³/mol. The van der Waals surface area contributed by atoms with Crippen LogP contribution < -0.4 is 5.32 Å². The third-order valence-corrected chi connectivity index (χ3v) is 4.34. The van der Waals surface area contributed by atoms with Crippen molar-refractivity contribution in [3.05, 3.63) is 41.1 Å². The fraction of sp³-hybridized carbons (Fsp3) is 0.500. The highest BCUT2D eigenvalue weighted by Crippen LogP contribution is 2.32. The van der Waals surface area contributed by atoms with Gasteiger partial charge in [-0.25, -0.2) is 4.68 Å². The summed E-state index contributed by atoms with van der Waals surface area (Å²) in [5.74, 6) is 0.892. The van der Waals surface area contributed by atoms with E-state index in [1.165, 1.54) is 12.1 Å². The molecule has 0 spiro atoms. The lowest BCUT2D eigenvalue weighted by molar-refractivity contribution is -0.137. The normalized spacial score (nSPS) is 14.7. The van der Waals surface area contributed by atoms with Crippen LogP contribution in [-0.4, -0.2) is 29.5 Å². The zero-order chi connectivity index (χ0) is 17.9. The molecular weight excluding hydrogens is 331 g/mol. The molecule has 25 heavy (non-hydrogen) atoms. The van der Waals surface area contributed by atoms with Crippen LogP contribution in [0.4, 0.5) is 19.0 Å². The van der Waals surface area contributed by atoms with E-state index < -0.39 is 11.7 Å². The van der Waals surface area contributed by atoms with Crippen molar-refractivity contribution in [2.75, 3.05) is 25.1 Å². The van der Waals surface area contributed by atoms with E-state index in [0.717, 1.165) is 55.0 Å². The Labute approximate surface area is 145 Å². The molecule has 0 unspecified atom stereocenters. The van der Waals surface area contributed by atoms with Gasteiger partial charge in [-0.3, -0.25) is 0 Å². The molecule has 1 aliphatic heterocycles. The highest BCUT2D eigenvalue weighted by Gasteiger charge is 2.30. The number of rotatable bonds is 5. The Bertz CT molecular complexity index is 708. The summed E-state index contributed by atoms with van der Waals surface area (Å²) in [5.41, 5.74) is 2.08. The molecule has 0 bridgehead atoms. The van der Waals surface area contributed by atoms with Crippen molar-refractivity contribution in [3.8, 4) is 5.69 Å². The number of nitrogens with one attached hydrogen (secondary N) is 1. The van der Waals surface area contributed by atoms with E-state index in [9.17, 15) is 13.2 Å². The molecule has 136 valence electrons. The molecule has 0 radical (unpaired) electrons. The maximum atomic E-state index is 12.8. The van der Waals surface area contributed by atoms with Crippen LogP contribution in [0.5, 0.6) is 0 Å². The van der Waals surface area contributed by atoms with Gasteiger partial charge in [0, 0.05) is 25.1 Å². The van der Waals surface area contributed by atoms with E-state index in [-0.39, 0.29) is 0 Å². The van der Waals surface area contributed by atoms with E-state index in [4.69, 9.17) is 4.74 Å². The molecule has 1 aromatic heterocycles. The summed E-state index contributed by atoms with van der Waals surface area (Å²) in [6.07, 6.45) is -0.580. The SMILES string of the molecule is CCOCCc1nn(-c2ccc(C(F)(F)F)cc2)c2c1CCCCN2. The van der Waals surface area contributed by atoms with Crippen molar-refractivity contribution in [3.63, 3.8) is 0 Å². The number of ether oxygens (including phenoxy) is 1. The van der Waals surface area contributed by atoms with E-state index in [0.29, 0.717) is 25.3 Å². The lowest BCUT2D eigenvalue weighted by atomic mass is 10.1. The van der Waals surface area contributed by atoms with Crippen LogP contribution in [-0.2, 0) is 23.8 Å². The monoisotopic (exact) mass is 353 g/mol. The molecule has 0 saturated heterocycles. The molecule has 1 aromatic carbocycles. The molecule has 1 aliphatic rings. The van der Waals surface area contributed by atoms with Crippen molar-refractivity contribution in [2.45, 2.75) is 38.8 Å². The summed E-state index contributed by atoms with van der Waals surface area (Å²) in [5, 5.41) is 8.05. The molecule has 0 atom stereocenters. The number of halogens is 3. The van der Waals surface area contributed by atoms with Crippen molar-refractivity contribution in [1.82, 2.24) is 9.78 Å². The molecule has 4 nitrogen and oxygen atoms in total. The molecule has 1 N–H and O–H groups in total. The number of aromatic nitrogens is 2. The van der Waals surface area contributed by atoms with Gasteiger partial charge in [-0.2, -0.15) is 18.3 Å². The van der Waals surface area contributed by atoms with Crippen LogP contribution in [0.1, 0.15) is 36.6 Å². The molecule has 0 aliphatic carbocycles. The summed E-state index contributed by atoms with van der Waals surface area (Å²) in [6.45, 7) is 4.03. The first kappa shape index (κ1) is 17.8. The van der Waals surface area contributed by atoms with Crippen molar-refractivity contribution < 1.29 is 17.9 Å². The Hall–Kier alpha value is -2.02. The van der Waals surface area contributed by atoms with Gasteiger partial charge in [-0.05, 0) is 50.5 Å². The van der Waals surface area contributed by atoms with E-state index >= 15 is 0 Å². The zero-order valence-electron chi connectivity index (χ0n) is 14.2. The summed E-state index contributed by atoms with van der Waals surface area (Å²) >= 11 is 0. The highest BCUT2D eigenvalue weighted by molar-refractivity contribution is 5.54. The minimum Gasteiger partial charge on any atom is -0.381 e. The van der Waals surface area contributed by atoms with Gasteiger partial charge in [0.2, 0.25) is 0 Å². The van der Waals surface area contributed by atoms with Crippen LogP contribution in [0.15, 0.2) is 24.3 Å². The maximum absolute atomic E-state index is 12.8. The Morgan fingerprint density at radius 3 is 2.64 bits per heavy atom. The third-order valence-electron chi connectivity index (χ3n) is 4.34. The Morgan fingerprint density at radius 1 is 1.20 bits per heavy atom. The molecule has 2 heterocycles. The number of nitrogens with zero attached hydrogens (tertiary/aromatic N) is 2. The van der Waals surface area contributed by atoms with Gasteiger partial charge in [0.15, 0.2) is 0 Å². The van der Waals surface area contributed by atoms with Crippen LogP contribution >= 0.6 is 0 Å². The lowest BCUT2D eigenvalue weighted by Gasteiger charge is -2.11. The number of hydrogen-bond donors (Lipinski definition) is 1. The van der Waals surface area contributed by atoms with E-state index in [2.05, 4.69) is 10.4 Å². The molecule has 0 amide bonds. The van der Waals surface area contributed by atoms with Crippen LogP contribution in [0.25, 0.3) is 5.69 Å². The molecular formula is C18H22F3N3O. The van der Waals surface area contributed by atoms with Gasteiger partial charge in [-0.15, -0.1) is 0 Å². The first-order valence-electron chi connectivity index (χ1n) is 8.60. The van der Waals surface area contributed by atoms with E-state index in [1.54, 1.807) is 4.68 Å². The number of benzene rings is 1. The number of fused-ring (bicyclic) bond motifs is 1. The minimum atomic E-state index is -4.33. The predicted octanol–water partition coefficient (Wildman–Crippen LogP) is 4.22. The fourth-order valence-electron chi connectivity index (χ4n) is 3.07. The average Bonchev–Trinajstić information content (AvgIpc) is 2.76. The van der Waals surface area contributed by atoms with Crippen LogP contribution in [0.2, 0.25) is 0 Å². The third kappa shape index (κ3) is 3.98. The van der Waals surface area contributed by atoms with Gasteiger partial charge in [-0.1, -0.05) is 0 Å². The molecule has 7 heteroatoms. The smallest absolute Gasteiger partial charge is 0.381 e. The van der Waals surface area contributed by atoms with Crippen molar-refractivity contribution >= 4 is 5.82 Å². The second-order valence-electron chi connectivity index (χ2n) is 6.06. The van der Waals surface area contributed by atoms with Crippen molar-refractivity contribution in [1.29, 1.82) is 0 Å². The molecule has 0 fully saturated rings. The summed E-state index contributed by atoms with van der Waals surface area (Å²) in [6, 6.07) is 5.13. The first-order chi connectivity index (χ1) is 12.0. The van der Waals surface area contributed by atoms with Gasteiger partial charge in [0.25, 0.3) is 0 Å². The second kappa shape index (κ2) is 7.47. The highest BCUT2D eigenvalue weighted by atomic mass is 19.4. The Kier molecular flexibility index (Phi) is 5.32. The first-order valence-corrected chi connectivity index (χ1v) is 8.60. The topological polar surface area (TPSA) is 39.1 Å². The summed E-state index contributed by atoms with van der Waals surface area (Å²) in [4.78, 5) is 0. The maximum Gasteiger partial charge on any atom is 0.416 e. The van der Waals surface area contributed by atoms with Gasteiger partial charge >= 0.3 is 6.18 Å².